The molecule has 0 unspecified atom stereocenters. The van der Waals surface area contributed by atoms with Crippen LogP contribution in [-0.4, -0.2) is 14.1 Å². The molecule has 19 heavy (non-hydrogen) atoms. The third-order valence-electron chi connectivity index (χ3n) is 3.19. The monoisotopic (exact) mass is 300 g/mol. The first-order valence-corrected chi connectivity index (χ1v) is 8.16. The summed E-state index contributed by atoms with van der Waals surface area (Å²) in [4.78, 5) is 2.47. The summed E-state index contributed by atoms with van der Waals surface area (Å²) >= 11 is 5.73. The van der Waals surface area contributed by atoms with Crippen molar-refractivity contribution in [2.24, 2.45) is 11.0 Å². The van der Waals surface area contributed by atoms with Gasteiger partial charge in [-0.25, -0.2) is 4.83 Å². The number of halogens is 1. The molecular weight excluding hydrogens is 284 g/mol. The number of nitrogens with one attached hydrogen (secondary N) is 1. The van der Waals surface area contributed by atoms with E-state index in [9.17, 15) is 8.42 Å². The van der Waals surface area contributed by atoms with Crippen molar-refractivity contribution in [3.63, 3.8) is 0 Å². The Morgan fingerprint density at radius 2 is 2.00 bits per heavy atom. The van der Waals surface area contributed by atoms with Crippen molar-refractivity contribution in [3.8, 4) is 0 Å². The zero-order valence-electron chi connectivity index (χ0n) is 10.8. The molecule has 1 N–H and O–H groups in total. The largest absolute Gasteiger partial charge is 0.276 e. The van der Waals surface area contributed by atoms with Crippen molar-refractivity contribution < 1.29 is 8.42 Å². The zero-order valence-corrected chi connectivity index (χ0v) is 12.3. The Labute approximate surface area is 118 Å². The number of sulfonamides is 1. The van der Waals surface area contributed by atoms with Crippen LogP contribution >= 0.6 is 11.6 Å². The summed E-state index contributed by atoms with van der Waals surface area (Å²) in [5.74, 6) is 0.576. The standard InChI is InChI=1S/C13H17ClN2O2S/c1-10-3-2-4-12(9-10)15-16-19(17,18)13-7-5-11(14)6-8-13/h5-8,10,16H,2-4,9H2,1H3/b15-12-/t10-/m0/s1. The van der Waals surface area contributed by atoms with E-state index in [4.69, 9.17) is 11.6 Å². The van der Waals surface area contributed by atoms with E-state index >= 15 is 0 Å². The summed E-state index contributed by atoms with van der Waals surface area (Å²) in [6, 6.07) is 6.03. The highest BCUT2D eigenvalue weighted by molar-refractivity contribution is 7.89. The molecule has 1 aliphatic carbocycles. The number of nitrogens with zero attached hydrogens (tertiary/aromatic N) is 1. The Morgan fingerprint density at radius 1 is 1.32 bits per heavy atom. The van der Waals surface area contributed by atoms with Crippen LogP contribution in [0.5, 0.6) is 0 Å². The van der Waals surface area contributed by atoms with Crippen molar-refractivity contribution in [2.45, 2.75) is 37.5 Å². The highest BCUT2D eigenvalue weighted by atomic mass is 35.5. The van der Waals surface area contributed by atoms with Crippen LogP contribution < -0.4 is 4.83 Å². The molecule has 1 atom stereocenters. The summed E-state index contributed by atoms with van der Waals surface area (Å²) in [7, 11) is -3.59. The number of hydrogen-bond donors (Lipinski definition) is 1. The van der Waals surface area contributed by atoms with Gasteiger partial charge in [-0.15, -0.1) is 0 Å². The lowest BCUT2D eigenvalue weighted by Gasteiger charge is -2.19. The second-order valence-corrected chi connectivity index (χ2v) is 7.03. The molecule has 1 aromatic carbocycles. The highest BCUT2D eigenvalue weighted by Gasteiger charge is 2.16. The molecule has 104 valence electrons. The van der Waals surface area contributed by atoms with Gasteiger partial charge in [0.25, 0.3) is 10.0 Å². The van der Waals surface area contributed by atoms with Gasteiger partial charge in [0, 0.05) is 10.7 Å². The predicted molar refractivity (Wildman–Crippen MR) is 76.8 cm³/mol. The Bertz CT molecular complexity index is 567. The van der Waals surface area contributed by atoms with Gasteiger partial charge in [0.2, 0.25) is 0 Å². The molecular formula is C13H17ClN2O2S. The fourth-order valence-electron chi connectivity index (χ4n) is 2.15. The molecule has 1 aromatic rings. The van der Waals surface area contributed by atoms with Crippen LogP contribution in [0.3, 0.4) is 0 Å². The third kappa shape index (κ3) is 3.94. The van der Waals surface area contributed by atoms with Gasteiger partial charge in [-0.3, -0.25) is 0 Å². The van der Waals surface area contributed by atoms with Crippen molar-refractivity contribution in [1.29, 1.82) is 0 Å². The molecule has 1 fully saturated rings. The minimum absolute atomic E-state index is 0.171. The normalized spacial score (nSPS) is 22.4. The van der Waals surface area contributed by atoms with Crippen LogP contribution in [0.1, 0.15) is 32.6 Å². The first-order valence-electron chi connectivity index (χ1n) is 6.30. The summed E-state index contributed by atoms with van der Waals surface area (Å²) in [6.45, 7) is 2.16. The Kier molecular flexibility index (Phi) is 4.47. The van der Waals surface area contributed by atoms with E-state index in [1.54, 1.807) is 12.1 Å². The van der Waals surface area contributed by atoms with Crippen molar-refractivity contribution in [3.05, 3.63) is 29.3 Å². The van der Waals surface area contributed by atoms with E-state index in [2.05, 4.69) is 16.9 Å². The molecule has 0 heterocycles. The summed E-state index contributed by atoms with van der Waals surface area (Å²) in [6.07, 6.45) is 3.99. The van der Waals surface area contributed by atoms with Crippen LogP contribution in [0, 0.1) is 5.92 Å². The predicted octanol–water partition coefficient (Wildman–Crippen LogP) is 3.18. The molecule has 2 rings (SSSR count). The van der Waals surface area contributed by atoms with Gasteiger partial charge in [-0.05, 0) is 55.9 Å². The second-order valence-electron chi connectivity index (χ2n) is 4.93. The quantitative estimate of drug-likeness (QED) is 0.872. The number of benzene rings is 1. The SMILES string of the molecule is C[C@H]1CCC/C(=N/NS(=O)(=O)c2ccc(Cl)cc2)C1. The van der Waals surface area contributed by atoms with Crippen LogP contribution in [0.25, 0.3) is 0 Å². The molecule has 4 nitrogen and oxygen atoms in total. The molecule has 0 aromatic heterocycles. The minimum Gasteiger partial charge on any atom is -0.200 e. The highest BCUT2D eigenvalue weighted by Crippen LogP contribution is 2.21. The van der Waals surface area contributed by atoms with Crippen molar-refractivity contribution in [1.82, 2.24) is 4.83 Å². The van der Waals surface area contributed by atoms with Crippen molar-refractivity contribution in [2.75, 3.05) is 0 Å². The lowest BCUT2D eigenvalue weighted by molar-refractivity contribution is 0.498. The van der Waals surface area contributed by atoms with E-state index in [1.807, 2.05) is 0 Å². The Balaban J connectivity index is 2.09. The number of rotatable bonds is 3. The van der Waals surface area contributed by atoms with Crippen molar-refractivity contribution >= 4 is 27.3 Å². The van der Waals surface area contributed by atoms with E-state index in [0.29, 0.717) is 10.9 Å². The molecule has 1 aliphatic rings. The Hall–Kier alpha value is -1.07. The first-order chi connectivity index (χ1) is 8.97. The first kappa shape index (κ1) is 14.3. The average molecular weight is 301 g/mol. The van der Waals surface area contributed by atoms with Gasteiger partial charge in [0.15, 0.2) is 0 Å². The molecule has 0 aliphatic heterocycles. The Morgan fingerprint density at radius 3 is 2.63 bits per heavy atom. The van der Waals surface area contributed by atoms with E-state index in [-0.39, 0.29) is 4.90 Å². The molecule has 1 saturated carbocycles. The van der Waals surface area contributed by atoms with Gasteiger partial charge in [0.1, 0.15) is 0 Å². The van der Waals surface area contributed by atoms with Crippen LogP contribution in [-0.2, 0) is 10.0 Å². The molecule has 0 radical (unpaired) electrons. The topological polar surface area (TPSA) is 58.5 Å². The maximum absolute atomic E-state index is 12.0. The van der Waals surface area contributed by atoms with Gasteiger partial charge >= 0.3 is 0 Å². The van der Waals surface area contributed by atoms with Crippen LogP contribution in [0.15, 0.2) is 34.3 Å². The lowest BCUT2D eigenvalue weighted by Crippen LogP contribution is -2.22. The smallest absolute Gasteiger partial charge is 0.200 e. The van der Waals surface area contributed by atoms with E-state index in [0.717, 1.165) is 25.0 Å². The van der Waals surface area contributed by atoms with Gasteiger partial charge in [0.05, 0.1) is 4.90 Å². The molecule has 0 saturated heterocycles. The molecule has 0 amide bonds. The fourth-order valence-corrected chi connectivity index (χ4v) is 3.13. The summed E-state index contributed by atoms with van der Waals surface area (Å²) < 4.78 is 24.0. The average Bonchev–Trinajstić information content (AvgIpc) is 2.37. The number of hydrazone groups is 1. The summed E-state index contributed by atoms with van der Waals surface area (Å²) in [5.41, 5.74) is 0.927. The molecule has 0 bridgehead atoms. The zero-order chi connectivity index (χ0) is 13.9. The number of hydrogen-bond acceptors (Lipinski definition) is 3. The van der Waals surface area contributed by atoms with Gasteiger partial charge in [-0.2, -0.15) is 13.5 Å². The molecule has 6 heteroatoms. The van der Waals surface area contributed by atoms with E-state index < -0.39 is 10.0 Å². The van der Waals surface area contributed by atoms with Gasteiger partial charge < -0.3 is 0 Å². The lowest BCUT2D eigenvalue weighted by atomic mass is 9.89. The van der Waals surface area contributed by atoms with Gasteiger partial charge in [-0.1, -0.05) is 18.5 Å². The maximum Gasteiger partial charge on any atom is 0.276 e. The summed E-state index contributed by atoms with van der Waals surface area (Å²) in [5, 5.41) is 4.56. The minimum atomic E-state index is -3.59. The third-order valence-corrected chi connectivity index (χ3v) is 4.67. The van der Waals surface area contributed by atoms with Crippen LogP contribution in [0.2, 0.25) is 5.02 Å². The molecule has 0 spiro atoms. The maximum atomic E-state index is 12.0. The van der Waals surface area contributed by atoms with E-state index in [1.165, 1.54) is 18.6 Å². The van der Waals surface area contributed by atoms with Crippen LogP contribution in [0.4, 0.5) is 0 Å². The fraction of sp³-hybridized carbons (Fsp3) is 0.462. The second kappa shape index (κ2) is 5.92.